The van der Waals surface area contributed by atoms with Crippen LogP contribution in [0.2, 0.25) is 0 Å². The molecule has 5 heteroatoms. The van der Waals surface area contributed by atoms with Crippen LogP contribution in [-0.4, -0.2) is 18.0 Å². The average molecular weight is 237 g/mol. The molecule has 4 nitrogen and oxygen atoms in total. The van der Waals surface area contributed by atoms with Crippen molar-refractivity contribution in [3.05, 3.63) is 36.0 Å². The van der Waals surface area contributed by atoms with Crippen LogP contribution in [0.15, 0.2) is 35.4 Å². The molecule has 0 fully saturated rings. The van der Waals surface area contributed by atoms with E-state index >= 15 is 0 Å². The molecule has 0 saturated carbocycles. The number of para-hydroxylation sites is 1. The zero-order valence-electron chi connectivity index (χ0n) is 8.71. The molecule has 16 heavy (non-hydrogen) atoms. The van der Waals surface area contributed by atoms with E-state index in [1.165, 1.54) is 6.07 Å². The van der Waals surface area contributed by atoms with E-state index in [2.05, 4.69) is 4.98 Å². The topological polar surface area (TPSA) is 67.3 Å². The van der Waals surface area contributed by atoms with Gasteiger partial charge in [-0.15, -0.1) is 0 Å². The minimum atomic E-state index is -4.21. The van der Waals surface area contributed by atoms with E-state index < -0.39 is 10.1 Å². The van der Waals surface area contributed by atoms with Gasteiger partial charge in [-0.1, -0.05) is 19.1 Å². The monoisotopic (exact) mass is 237 g/mol. The van der Waals surface area contributed by atoms with Gasteiger partial charge in [-0.2, -0.15) is 8.42 Å². The fourth-order valence-corrected chi connectivity index (χ4v) is 2.25. The van der Waals surface area contributed by atoms with Gasteiger partial charge in [0.05, 0.1) is 5.52 Å². The second kappa shape index (κ2) is 3.84. The van der Waals surface area contributed by atoms with Gasteiger partial charge in [0.1, 0.15) is 4.90 Å². The lowest BCUT2D eigenvalue weighted by Gasteiger charge is -2.04. The molecule has 0 atom stereocenters. The minimum absolute atomic E-state index is 0.146. The third-order valence-corrected chi connectivity index (χ3v) is 3.30. The van der Waals surface area contributed by atoms with Gasteiger partial charge in [0.25, 0.3) is 10.1 Å². The Hall–Kier alpha value is -1.46. The molecule has 1 aromatic heterocycles. The van der Waals surface area contributed by atoms with Crippen molar-refractivity contribution in [2.75, 3.05) is 0 Å². The maximum absolute atomic E-state index is 11.1. The van der Waals surface area contributed by atoms with E-state index in [4.69, 9.17) is 4.55 Å². The van der Waals surface area contributed by atoms with E-state index in [-0.39, 0.29) is 4.90 Å². The third-order valence-electron chi connectivity index (χ3n) is 2.42. The van der Waals surface area contributed by atoms with Crippen molar-refractivity contribution in [2.24, 2.45) is 0 Å². The number of hydrogen-bond donors (Lipinski definition) is 1. The summed E-state index contributed by atoms with van der Waals surface area (Å²) in [6, 6.07) is 6.58. The van der Waals surface area contributed by atoms with Crippen molar-refractivity contribution >= 4 is 21.0 Å². The maximum atomic E-state index is 11.1. The van der Waals surface area contributed by atoms with Crippen molar-refractivity contribution in [2.45, 2.75) is 18.2 Å². The summed E-state index contributed by atoms with van der Waals surface area (Å²) in [5, 5.41) is 0.717. The predicted octanol–water partition coefficient (Wildman–Crippen LogP) is 2.04. The van der Waals surface area contributed by atoms with Crippen LogP contribution in [0.4, 0.5) is 0 Å². The first kappa shape index (κ1) is 11.0. The molecule has 0 aliphatic carbocycles. The third kappa shape index (κ3) is 1.91. The summed E-state index contributed by atoms with van der Waals surface area (Å²) in [5.41, 5.74) is 1.34. The first-order valence-corrected chi connectivity index (χ1v) is 6.31. The maximum Gasteiger partial charge on any atom is 0.296 e. The molecular formula is C11H11NO3S. The number of aromatic nitrogens is 1. The summed E-state index contributed by atoms with van der Waals surface area (Å²) in [6.07, 6.45) is 2.45. The van der Waals surface area contributed by atoms with Crippen LogP contribution < -0.4 is 0 Å². The zero-order valence-corrected chi connectivity index (χ0v) is 9.53. The normalized spacial score (nSPS) is 11.9. The number of pyridine rings is 1. The Morgan fingerprint density at radius 3 is 2.75 bits per heavy atom. The van der Waals surface area contributed by atoms with Gasteiger partial charge in [-0.25, -0.2) is 0 Å². The van der Waals surface area contributed by atoms with Crippen LogP contribution in [0.5, 0.6) is 0 Å². The van der Waals surface area contributed by atoms with Crippen LogP contribution >= 0.6 is 0 Å². The molecule has 0 aliphatic heterocycles. The largest absolute Gasteiger partial charge is 0.296 e. The molecule has 0 unspecified atom stereocenters. The lowest BCUT2D eigenvalue weighted by Crippen LogP contribution is -2.00. The van der Waals surface area contributed by atoms with Crippen LogP contribution in [0.25, 0.3) is 10.9 Å². The van der Waals surface area contributed by atoms with Crippen LogP contribution in [0.1, 0.15) is 12.5 Å². The van der Waals surface area contributed by atoms with Gasteiger partial charge in [-0.3, -0.25) is 9.54 Å². The molecule has 0 aliphatic rings. The second-order valence-electron chi connectivity index (χ2n) is 3.50. The number of benzene rings is 1. The number of aryl methyl sites for hydroxylation is 1. The highest BCUT2D eigenvalue weighted by atomic mass is 32.2. The SMILES string of the molecule is CCc1cnc2c(S(=O)(=O)O)cccc2c1. The van der Waals surface area contributed by atoms with E-state index in [9.17, 15) is 8.42 Å². The standard InChI is InChI=1S/C11H11NO3S/c1-2-8-6-9-4-3-5-10(16(13,14)15)11(9)12-7-8/h3-7H,2H2,1H3,(H,13,14,15). The molecule has 1 N–H and O–H groups in total. The predicted molar refractivity (Wildman–Crippen MR) is 60.9 cm³/mol. The van der Waals surface area contributed by atoms with E-state index in [0.717, 1.165) is 17.4 Å². The molecular weight excluding hydrogens is 226 g/mol. The molecule has 84 valence electrons. The summed E-state index contributed by atoms with van der Waals surface area (Å²) in [6.45, 7) is 2.00. The Kier molecular flexibility index (Phi) is 2.65. The van der Waals surface area contributed by atoms with Crippen LogP contribution in [-0.2, 0) is 16.5 Å². The van der Waals surface area contributed by atoms with Gasteiger partial charge in [0.15, 0.2) is 0 Å². The van der Waals surface area contributed by atoms with Crippen molar-refractivity contribution in [3.63, 3.8) is 0 Å². The molecule has 0 saturated heterocycles. The summed E-state index contributed by atoms with van der Waals surface area (Å²) in [5.74, 6) is 0. The van der Waals surface area contributed by atoms with Crippen molar-refractivity contribution in [1.82, 2.24) is 4.98 Å². The first-order chi connectivity index (χ1) is 7.52. The minimum Gasteiger partial charge on any atom is -0.282 e. The second-order valence-corrected chi connectivity index (χ2v) is 4.89. The van der Waals surface area contributed by atoms with Crippen molar-refractivity contribution in [3.8, 4) is 0 Å². The van der Waals surface area contributed by atoms with Gasteiger partial charge >= 0.3 is 0 Å². The smallest absolute Gasteiger partial charge is 0.282 e. The van der Waals surface area contributed by atoms with Gasteiger partial charge in [-0.05, 0) is 24.1 Å². The highest BCUT2D eigenvalue weighted by Gasteiger charge is 2.14. The molecule has 1 heterocycles. The molecule has 0 bridgehead atoms. The lowest BCUT2D eigenvalue weighted by atomic mass is 10.1. The van der Waals surface area contributed by atoms with Crippen molar-refractivity contribution < 1.29 is 13.0 Å². The summed E-state index contributed by atoms with van der Waals surface area (Å²) in [4.78, 5) is 3.93. The molecule has 1 aromatic carbocycles. The van der Waals surface area contributed by atoms with Gasteiger partial charge < -0.3 is 0 Å². The highest BCUT2D eigenvalue weighted by Crippen LogP contribution is 2.21. The van der Waals surface area contributed by atoms with E-state index in [1.807, 2.05) is 13.0 Å². The number of rotatable bonds is 2. The lowest BCUT2D eigenvalue weighted by molar-refractivity contribution is 0.484. The van der Waals surface area contributed by atoms with E-state index in [0.29, 0.717) is 5.52 Å². The Balaban J connectivity index is 2.80. The zero-order chi connectivity index (χ0) is 11.8. The fourth-order valence-electron chi connectivity index (χ4n) is 1.58. The Bertz CT molecular complexity index is 635. The summed E-state index contributed by atoms with van der Waals surface area (Å²) < 4.78 is 31.3. The van der Waals surface area contributed by atoms with Crippen LogP contribution in [0.3, 0.4) is 0 Å². The number of fused-ring (bicyclic) bond motifs is 1. The Labute approximate surface area is 93.7 Å². The van der Waals surface area contributed by atoms with Gasteiger partial charge in [0, 0.05) is 11.6 Å². The molecule has 0 radical (unpaired) electrons. The first-order valence-electron chi connectivity index (χ1n) is 4.87. The number of hydrogen-bond acceptors (Lipinski definition) is 3. The average Bonchev–Trinajstić information content (AvgIpc) is 2.26. The van der Waals surface area contributed by atoms with Crippen molar-refractivity contribution in [1.29, 1.82) is 0 Å². The summed E-state index contributed by atoms with van der Waals surface area (Å²) >= 11 is 0. The van der Waals surface area contributed by atoms with Crippen LogP contribution in [0, 0.1) is 0 Å². The quantitative estimate of drug-likeness (QED) is 0.812. The fraction of sp³-hybridized carbons (Fsp3) is 0.182. The molecule has 0 amide bonds. The highest BCUT2D eigenvalue weighted by molar-refractivity contribution is 7.86. The van der Waals surface area contributed by atoms with E-state index in [1.54, 1.807) is 18.3 Å². The molecule has 2 aromatic rings. The van der Waals surface area contributed by atoms with Gasteiger partial charge in [0.2, 0.25) is 0 Å². The number of nitrogens with zero attached hydrogens (tertiary/aromatic N) is 1. The summed E-state index contributed by atoms with van der Waals surface area (Å²) in [7, 11) is -4.21. The molecule has 2 rings (SSSR count). The Morgan fingerprint density at radius 1 is 1.38 bits per heavy atom. The molecule has 0 spiro atoms. The Morgan fingerprint density at radius 2 is 2.12 bits per heavy atom.